The molecule has 5 atom stereocenters. The molecule has 1 aliphatic rings. The molecule has 3 unspecified atom stereocenters. The van der Waals surface area contributed by atoms with E-state index < -0.39 is 42.9 Å². The molecule has 1 aromatic heterocycles. The highest BCUT2D eigenvalue weighted by molar-refractivity contribution is 5.80. The van der Waals surface area contributed by atoms with Crippen LogP contribution >= 0.6 is 0 Å². The lowest BCUT2D eigenvalue weighted by Crippen LogP contribution is -2.59. The van der Waals surface area contributed by atoms with Gasteiger partial charge in [-0.25, -0.2) is 9.18 Å². The maximum Gasteiger partial charge on any atom is 0.336 e. The molecule has 1 aromatic carbocycles. The van der Waals surface area contributed by atoms with Crippen molar-refractivity contribution in [3.8, 4) is 0 Å². The van der Waals surface area contributed by atoms with Gasteiger partial charge in [0.1, 0.15) is 23.8 Å². The van der Waals surface area contributed by atoms with Gasteiger partial charge in [-0.15, -0.1) is 0 Å². The minimum Gasteiger partial charge on any atom is -0.423 e. The highest BCUT2D eigenvalue weighted by Gasteiger charge is 2.44. The molecule has 0 aliphatic carbocycles. The summed E-state index contributed by atoms with van der Waals surface area (Å²) in [4.78, 5) is 11.2. The number of fused-ring (bicyclic) bond motifs is 1. The number of ether oxygens (including phenoxy) is 1. The number of rotatable bonds is 3. The fourth-order valence-corrected chi connectivity index (χ4v) is 2.57. The Bertz CT molecular complexity index is 750. The third kappa shape index (κ3) is 3.06. The summed E-state index contributed by atoms with van der Waals surface area (Å²) in [6.07, 6.45) is -6.21. The van der Waals surface area contributed by atoms with Gasteiger partial charge in [0, 0.05) is 23.2 Å². The van der Waals surface area contributed by atoms with Crippen LogP contribution in [0.15, 0.2) is 39.5 Å². The number of benzene rings is 1. The minimum atomic E-state index is -1.85. The maximum atomic E-state index is 13.9. The van der Waals surface area contributed by atoms with Crippen molar-refractivity contribution in [2.45, 2.75) is 30.7 Å². The second-order valence-corrected chi connectivity index (χ2v) is 5.36. The van der Waals surface area contributed by atoms with Gasteiger partial charge in [0.2, 0.25) is 0 Å². The van der Waals surface area contributed by atoms with Crippen LogP contribution in [0, 0.1) is 0 Å². The lowest BCUT2D eigenvalue weighted by atomic mass is 9.98. The molecule has 2 aromatic rings. The van der Waals surface area contributed by atoms with Gasteiger partial charge >= 0.3 is 5.63 Å². The lowest BCUT2D eigenvalue weighted by Gasteiger charge is -2.39. The van der Waals surface area contributed by atoms with Crippen molar-refractivity contribution in [3.05, 3.63) is 40.8 Å². The first-order valence-electron chi connectivity index (χ1n) is 7.06. The molecule has 2 heterocycles. The topological polar surface area (TPSA) is 112 Å². The van der Waals surface area contributed by atoms with Gasteiger partial charge in [-0.1, -0.05) is 0 Å². The van der Waals surface area contributed by atoms with E-state index in [1.165, 1.54) is 12.1 Å². The lowest BCUT2D eigenvalue weighted by molar-refractivity contribution is -0.230. The zero-order chi connectivity index (χ0) is 16.6. The highest BCUT2D eigenvalue weighted by Crippen LogP contribution is 2.26. The van der Waals surface area contributed by atoms with Crippen molar-refractivity contribution < 1.29 is 28.9 Å². The second kappa shape index (κ2) is 6.25. The Balaban J connectivity index is 1.84. The molecule has 1 fully saturated rings. The van der Waals surface area contributed by atoms with Gasteiger partial charge in [-0.3, -0.25) is 0 Å². The zero-order valence-corrected chi connectivity index (χ0v) is 11.9. The number of aliphatic hydroxyl groups is 3. The zero-order valence-electron chi connectivity index (χ0n) is 11.9. The third-order valence-corrected chi connectivity index (χ3v) is 3.81. The Morgan fingerprint density at radius 3 is 2.70 bits per heavy atom. The summed E-state index contributed by atoms with van der Waals surface area (Å²) in [7, 11) is 0. The van der Waals surface area contributed by atoms with Crippen LogP contribution in [0.2, 0.25) is 0 Å². The summed E-state index contributed by atoms with van der Waals surface area (Å²) in [5.41, 5.74) is 0.215. The van der Waals surface area contributed by atoms with E-state index in [-0.39, 0.29) is 0 Å². The van der Waals surface area contributed by atoms with Crippen molar-refractivity contribution in [3.63, 3.8) is 0 Å². The first-order chi connectivity index (χ1) is 11.0. The van der Waals surface area contributed by atoms with E-state index in [9.17, 15) is 19.4 Å². The van der Waals surface area contributed by atoms with Gasteiger partial charge in [-0.2, -0.15) is 0 Å². The van der Waals surface area contributed by atoms with E-state index in [0.717, 1.165) is 0 Å². The maximum absolute atomic E-state index is 13.9. The normalized spacial score (nSPS) is 31.2. The first kappa shape index (κ1) is 15.9. The van der Waals surface area contributed by atoms with Crippen molar-refractivity contribution >= 4 is 16.7 Å². The molecular formula is C15H16FNO6. The molecule has 8 heteroatoms. The molecule has 1 aliphatic heterocycles. The SMILES string of the molecule is O=c1ccc2ccc(NC3C(O)OC(CO)[C@@H](F)[C@@H]3O)cc2o1. The number of hydrogen-bond acceptors (Lipinski definition) is 7. The summed E-state index contributed by atoms with van der Waals surface area (Å²) in [5.74, 6) is 0. The molecule has 0 amide bonds. The van der Waals surface area contributed by atoms with Crippen LogP contribution in [0.5, 0.6) is 0 Å². The second-order valence-electron chi connectivity index (χ2n) is 5.36. The van der Waals surface area contributed by atoms with Gasteiger partial charge in [0.15, 0.2) is 12.5 Å². The number of nitrogens with one attached hydrogen (secondary N) is 1. The molecule has 0 saturated carbocycles. The van der Waals surface area contributed by atoms with Crippen LogP contribution in [0.4, 0.5) is 10.1 Å². The number of aliphatic hydroxyl groups excluding tert-OH is 3. The molecule has 0 radical (unpaired) electrons. The molecule has 0 bridgehead atoms. The van der Waals surface area contributed by atoms with Gasteiger partial charge in [0.05, 0.1) is 6.61 Å². The van der Waals surface area contributed by atoms with Crippen molar-refractivity contribution in [1.29, 1.82) is 0 Å². The average molecular weight is 325 g/mol. The van der Waals surface area contributed by atoms with Crippen molar-refractivity contribution in [2.24, 2.45) is 0 Å². The number of alkyl halides is 1. The molecule has 3 rings (SSSR count). The molecule has 1 saturated heterocycles. The largest absolute Gasteiger partial charge is 0.423 e. The number of halogens is 1. The highest BCUT2D eigenvalue weighted by atomic mass is 19.1. The van der Waals surface area contributed by atoms with E-state index >= 15 is 0 Å². The van der Waals surface area contributed by atoms with Gasteiger partial charge < -0.3 is 29.8 Å². The van der Waals surface area contributed by atoms with E-state index in [4.69, 9.17) is 14.3 Å². The van der Waals surface area contributed by atoms with Crippen LogP contribution in [0.3, 0.4) is 0 Å². The quantitative estimate of drug-likeness (QED) is 0.587. The Labute approximate surface area is 129 Å². The van der Waals surface area contributed by atoms with Crippen LogP contribution in [-0.2, 0) is 4.74 Å². The predicted octanol–water partition coefficient (Wildman–Crippen LogP) is -0.0180. The van der Waals surface area contributed by atoms with E-state index in [1.54, 1.807) is 18.2 Å². The van der Waals surface area contributed by atoms with E-state index in [2.05, 4.69) is 5.32 Å². The van der Waals surface area contributed by atoms with Crippen LogP contribution in [0.25, 0.3) is 11.0 Å². The molecule has 4 N–H and O–H groups in total. The van der Waals surface area contributed by atoms with Crippen LogP contribution in [0.1, 0.15) is 0 Å². The van der Waals surface area contributed by atoms with E-state index in [0.29, 0.717) is 16.7 Å². The monoisotopic (exact) mass is 325 g/mol. The summed E-state index contributed by atoms with van der Waals surface area (Å²) in [6.45, 7) is -0.650. The van der Waals surface area contributed by atoms with Crippen LogP contribution < -0.4 is 10.9 Å². The molecule has 0 spiro atoms. The van der Waals surface area contributed by atoms with Gasteiger partial charge in [0.25, 0.3) is 0 Å². The van der Waals surface area contributed by atoms with Gasteiger partial charge in [-0.05, 0) is 18.2 Å². The number of anilines is 1. The summed E-state index contributed by atoms with van der Waals surface area (Å²) in [5, 5.41) is 32.3. The average Bonchev–Trinajstić information content (AvgIpc) is 2.54. The fourth-order valence-electron chi connectivity index (χ4n) is 2.57. The molecule has 23 heavy (non-hydrogen) atoms. The van der Waals surface area contributed by atoms with E-state index in [1.807, 2.05) is 0 Å². The van der Waals surface area contributed by atoms with Crippen molar-refractivity contribution in [2.75, 3.05) is 11.9 Å². The standard InChI is InChI=1S/C15H16FNO6/c16-12-10(6-18)23-15(21)13(14(12)20)17-8-3-1-7-2-4-11(19)22-9(7)5-8/h1-5,10,12-15,17-18,20-21H,6H2/t10?,12-,13?,14+,15?/m1/s1. The molecular weight excluding hydrogens is 309 g/mol. The Hall–Kier alpha value is -2.00. The minimum absolute atomic E-state index is 0.313. The summed E-state index contributed by atoms with van der Waals surface area (Å²) < 4.78 is 23.9. The Kier molecular flexibility index (Phi) is 4.31. The molecule has 7 nitrogen and oxygen atoms in total. The summed E-state index contributed by atoms with van der Waals surface area (Å²) >= 11 is 0. The Morgan fingerprint density at radius 2 is 1.96 bits per heavy atom. The first-order valence-corrected chi connectivity index (χ1v) is 7.06. The summed E-state index contributed by atoms with van der Waals surface area (Å²) in [6, 6.07) is 6.56. The smallest absolute Gasteiger partial charge is 0.336 e. The van der Waals surface area contributed by atoms with Crippen molar-refractivity contribution in [1.82, 2.24) is 0 Å². The van der Waals surface area contributed by atoms with Crippen LogP contribution in [-0.4, -0.2) is 52.6 Å². The predicted molar refractivity (Wildman–Crippen MR) is 78.8 cm³/mol. The Morgan fingerprint density at radius 1 is 1.22 bits per heavy atom. The number of hydrogen-bond donors (Lipinski definition) is 4. The third-order valence-electron chi connectivity index (χ3n) is 3.81. The fraction of sp³-hybridized carbons (Fsp3) is 0.400. The molecule has 124 valence electrons.